The molecule has 0 N–H and O–H groups in total. The number of hydrogen-bond acceptors (Lipinski definition) is 6. The summed E-state index contributed by atoms with van der Waals surface area (Å²) in [6, 6.07) is 11.6. The number of aromatic nitrogens is 5. The van der Waals surface area contributed by atoms with E-state index < -0.39 is 0 Å². The first-order chi connectivity index (χ1) is 16.1. The van der Waals surface area contributed by atoms with Crippen molar-refractivity contribution in [2.75, 3.05) is 13.1 Å². The fourth-order valence-electron chi connectivity index (χ4n) is 3.95. The Morgan fingerprint density at radius 2 is 1.61 bits per heavy atom. The molecule has 3 heterocycles. The number of benzene rings is 2. The summed E-state index contributed by atoms with van der Waals surface area (Å²) in [4.78, 5) is 19.4. The average Bonchev–Trinajstić information content (AvgIpc) is 3.51. The molecule has 8 nitrogen and oxygen atoms in total. The van der Waals surface area contributed by atoms with Crippen LogP contribution in [0.4, 0.5) is 8.78 Å². The van der Waals surface area contributed by atoms with Gasteiger partial charge in [-0.2, -0.15) is 0 Å². The molecule has 33 heavy (non-hydrogen) atoms. The van der Waals surface area contributed by atoms with Gasteiger partial charge in [-0.3, -0.25) is 4.79 Å². The first-order valence-corrected chi connectivity index (χ1v) is 10.6. The van der Waals surface area contributed by atoms with Crippen molar-refractivity contribution >= 4 is 5.91 Å². The third-order valence-corrected chi connectivity index (χ3v) is 5.74. The molecule has 1 aliphatic heterocycles. The van der Waals surface area contributed by atoms with Gasteiger partial charge in [0.15, 0.2) is 11.6 Å². The topological polar surface area (TPSA) is 89.9 Å². The van der Waals surface area contributed by atoms with E-state index in [0.717, 1.165) is 12.8 Å². The van der Waals surface area contributed by atoms with Crippen molar-refractivity contribution in [3.63, 3.8) is 0 Å². The molecule has 0 bridgehead atoms. The van der Waals surface area contributed by atoms with Gasteiger partial charge in [0, 0.05) is 30.1 Å². The van der Waals surface area contributed by atoms with E-state index in [2.05, 4.69) is 20.3 Å². The maximum atomic E-state index is 13.4. The van der Waals surface area contributed by atoms with Gasteiger partial charge < -0.3 is 9.32 Å². The van der Waals surface area contributed by atoms with Crippen molar-refractivity contribution in [3.05, 3.63) is 72.4 Å². The third-order valence-electron chi connectivity index (χ3n) is 5.74. The van der Waals surface area contributed by atoms with Crippen LogP contribution in [-0.4, -0.2) is 48.9 Å². The molecule has 5 rings (SSSR count). The molecular formula is C23H20F2N6O2. The number of rotatable bonds is 5. The van der Waals surface area contributed by atoms with Crippen LogP contribution in [0.15, 0.2) is 59.3 Å². The van der Waals surface area contributed by atoms with Crippen LogP contribution in [0.3, 0.4) is 0 Å². The van der Waals surface area contributed by atoms with Crippen LogP contribution in [0.25, 0.3) is 22.8 Å². The van der Waals surface area contributed by atoms with Crippen LogP contribution >= 0.6 is 0 Å². The number of likely N-dealkylation sites (tertiary alicyclic amines) is 1. The lowest BCUT2D eigenvalue weighted by molar-refractivity contribution is -0.133. The van der Waals surface area contributed by atoms with Gasteiger partial charge in [0.1, 0.15) is 18.2 Å². The average molecular weight is 450 g/mol. The Balaban J connectivity index is 1.37. The summed E-state index contributed by atoms with van der Waals surface area (Å²) in [5.41, 5.74) is 1.24. The zero-order chi connectivity index (χ0) is 22.8. The number of carbonyl (C=O) groups is 1. The van der Waals surface area contributed by atoms with Crippen LogP contribution in [0.5, 0.6) is 0 Å². The lowest BCUT2D eigenvalue weighted by Gasteiger charge is -2.30. The van der Waals surface area contributed by atoms with Gasteiger partial charge in [-0.25, -0.2) is 18.4 Å². The molecule has 0 spiro atoms. The maximum absolute atomic E-state index is 13.4. The monoisotopic (exact) mass is 450 g/mol. The van der Waals surface area contributed by atoms with Crippen LogP contribution < -0.4 is 0 Å². The molecule has 4 aromatic rings. The number of carbonyl (C=O) groups excluding carboxylic acids is 1. The van der Waals surface area contributed by atoms with Crippen molar-refractivity contribution in [2.24, 2.45) is 0 Å². The van der Waals surface area contributed by atoms with Crippen LogP contribution in [0.2, 0.25) is 0 Å². The smallest absolute Gasteiger partial charge is 0.244 e. The van der Waals surface area contributed by atoms with Crippen molar-refractivity contribution in [3.8, 4) is 22.8 Å². The fourth-order valence-corrected chi connectivity index (χ4v) is 3.95. The Labute approximate surface area is 187 Å². The molecule has 0 radical (unpaired) electrons. The molecule has 1 aliphatic rings. The normalized spacial score (nSPS) is 14.5. The van der Waals surface area contributed by atoms with Gasteiger partial charge in [-0.1, -0.05) is 0 Å². The van der Waals surface area contributed by atoms with E-state index in [1.54, 1.807) is 29.2 Å². The molecule has 0 atom stereocenters. The van der Waals surface area contributed by atoms with Crippen molar-refractivity contribution in [1.29, 1.82) is 0 Å². The summed E-state index contributed by atoms with van der Waals surface area (Å²) in [7, 11) is 0. The van der Waals surface area contributed by atoms with E-state index in [-0.39, 0.29) is 30.0 Å². The molecule has 0 unspecified atom stereocenters. The summed E-state index contributed by atoms with van der Waals surface area (Å²) in [5.74, 6) is 0.696. The lowest BCUT2D eigenvalue weighted by atomic mass is 9.97. The summed E-state index contributed by atoms with van der Waals surface area (Å²) < 4.78 is 33.6. The number of hydrogen-bond donors (Lipinski definition) is 0. The Bertz CT molecular complexity index is 1230. The molecule has 0 aliphatic carbocycles. The molecule has 1 saturated heterocycles. The molecule has 2 aromatic heterocycles. The lowest BCUT2D eigenvalue weighted by Crippen LogP contribution is -2.40. The minimum absolute atomic E-state index is 0.0217. The van der Waals surface area contributed by atoms with E-state index in [1.807, 2.05) is 0 Å². The summed E-state index contributed by atoms with van der Waals surface area (Å²) >= 11 is 0. The van der Waals surface area contributed by atoms with E-state index in [9.17, 15) is 13.6 Å². The summed E-state index contributed by atoms with van der Waals surface area (Å²) in [6.45, 7) is 1.11. The second-order valence-electron chi connectivity index (χ2n) is 7.86. The van der Waals surface area contributed by atoms with Crippen LogP contribution in [0.1, 0.15) is 24.7 Å². The molecular weight excluding hydrogens is 430 g/mol. The zero-order valence-corrected chi connectivity index (χ0v) is 17.6. The van der Waals surface area contributed by atoms with Crippen molar-refractivity contribution in [1.82, 2.24) is 29.9 Å². The first kappa shape index (κ1) is 20.9. The van der Waals surface area contributed by atoms with Crippen LogP contribution in [0, 0.1) is 11.6 Å². The number of nitrogens with zero attached hydrogens (tertiary/aromatic N) is 6. The minimum atomic E-state index is -0.372. The first-order valence-electron chi connectivity index (χ1n) is 10.6. The van der Waals surface area contributed by atoms with Crippen molar-refractivity contribution < 1.29 is 18.0 Å². The van der Waals surface area contributed by atoms with Gasteiger partial charge in [0.25, 0.3) is 0 Å². The Morgan fingerprint density at radius 1 is 0.970 bits per heavy atom. The van der Waals surface area contributed by atoms with Crippen molar-refractivity contribution in [2.45, 2.75) is 25.3 Å². The molecule has 0 saturated carbocycles. The summed E-state index contributed by atoms with van der Waals surface area (Å²) in [6.07, 6.45) is 2.78. The molecule has 10 heteroatoms. The summed E-state index contributed by atoms with van der Waals surface area (Å²) in [5, 5.41) is 12.2. The highest BCUT2D eigenvalue weighted by Crippen LogP contribution is 2.27. The van der Waals surface area contributed by atoms with E-state index in [1.165, 1.54) is 35.3 Å². The highest BCUT2D eigenvalue weighted by molar-refractivity contribution is 5.77. The highest BCUT2D eigenvalue weighted by atomic mass is 19.1. The van der Waals surface area contributed by atoms with E-state index in [4.69, 9.17) is 4.42 Å². The molecule has 1 amide bonds. The predicted octanol–water partition coefficient (Wildman–Crippen LogP) is 3.68. The SMILES string of the molecule is O=C(Cn1nc(-c2ccc(F)cc2)nc1-c1ccc(F)cc1)N1CCC(c2nnco2)CC1. The fraction of sp³-hybridized carbons (Fsp3) is 0.261. The van der Waals surface area contributed by atoms with Gasteiger partial charge >= 0.3 is 0 Å². The van der Waals surface area contributed by atoms with Crippen LogP contribution in [-0.2, 0) is 11.3 Å². The number of piperidine rings is 1. The maximum Gasteiger partial charge on any atom is 0.244 e. The minimum Gasteiger partial charge on any atom is -0.428 e. The quantitative estimate of drug-likeness (QED) is 0.461. The predicted molar refractivity (Wildman–Crippen MR) is 114 cm³/mol. The molecule has 168 valence electrons. The Hall–Kier alpha value is -3.95. The third kappa shape index (κ3) is 4.50. The Kier molecular flexibility index (Phi) is 5.64. The standard InChI is InChI=1S/C23H20F2N6O2/c24-18-5-1-15(2-6-18)21-27-22(16-3-7-19(25)8-4-16)31(29-21)13-20(32)30-11-9-17(10-12-30)23-28-26-14-33-23/h1-8,14,17H,9-13H2. The van der Waals surface area contributed by atoms with Gasteiger partial charge in [0.05, 0.1) is 0 Å². The Morgan fingerprint density at radius 3 is 2.21 bits per heavy atom. The molecule has 2 aromatic carbocycles. The van der Waals surface area contributed by atoms with Gasteiger partial charge in [-0.05, 0) is 61.4 Å². The largest absolute Gasteiger partial charge is 0.428 e. The zero-order valence-electron chi connectivity index (χ0n) is 17.6. The highest BCUT2D eigenvalue weighted by Gasteiger charge is 2.27. The van der Waals surface area contributed by atoms with E-state index in [0.29, 0.717) is 41.8 Å². The second kappa shape index (κ2) is 8.89. The second-order valence-corrected chi connectivity index (χ2v) is 7.86. The number of amides is 1. The van der Waals surface area contributed by atoms with Gasteiger partial charge in [0.2, 0.25) is 18.2 Å². The molecule has 1 fully saturated rings. The van der Waals surface area contributed by atoms with Gasteiger partial charge in [-0.15, -0.1) is 15.3 Å². The van der Waals surface area contributed by atoms with E-state index >= 15 is 0 Å². The number of halogens is 2.